The molecular weight excluding hydrogens is 228 g/mol. The molecule has 1 aromatic rings. The number of esters is 1. The van der Waals surface area contributed by atoms with E-state index in [9.17, 15) is 4.79 Å². The predicted octanol–water partition coefficient (Wildman–Crippen LogP) is 2.17. The van der Waals surface area contributed by atoms with Gasteiger partial charge in [0, 0.05) is 24.6 Å². The molecule has 2 rings (SSSR count). The molecule has 0 amide bonds. The summed E-state index contributed by atoms with van der Waals surface area (Å²) in [6.45, 7) is 3.60. The lowest BCUT2D eigenvalue weighted by Gasteiger charge is -2.16. The van der Waals surface area contributed by atoms with Crippen LogP contribution in [0.5, 0.6) is 0 Å². The zero-order valence-corrected chi connectivity index (χ0v) is 10.8. The van der Waals surface area contributed by atoms with Gasteiger partial charge in [-0.2, -0.15) is 0 Å². The van der Waals surface area contributed by atoms with E-state index in [0.29, 0.717) is 6.61 Å². The highest BCUT2D eigenvalue weighted by Gasteiger charge is 2.06. The summed E-state index contributed by atoms with van der Waals surface area (Å²) in [5.74, 6) is -0.192. The Morgan fingerprint density at radius 2 is 2.44 bits per heavy atom. The van der Waals surface area contributed by atoms with Crippen molar-refractivity contribution in [2.75, 3.05) is 13.2 Å². The van der Waals surface area contributed by atoms with Gasteiger partial charge in [-0.15, -0.1) is 0 Å². The second kappa shape index (κ2) is 6.28. The summed E-state index contributed by atoms with van der Waals surface area (Å²) in [6, 6.07) is 2.02. The second-order valence-corrected chi connectivity index (χ2v) is 4.48. The molecule has 1 aliphatic heterocycles. The van der Waals surface area contributed by atoms with Gasteiger partial charge in [-0.05, 0) is 43.9 Å². The first kappa shape index (κ1) is 12.7. The van der Waals surface area contributed by atoms with Crippen molar-refractivity contribution in [3.05, 3.63) is 29.7 Å². The lowest BCUT2D eigenvalue weighted by molar-refractivity contribution is -0.143. The van der Waals surface area contributed by atoms with E-state index in [2.05, 4.69) is 11.4 Å². The summed E-state index contributed by atoms with van der Waals surface area (Å²) in [6.07, 6.45) is 9.65. The first-order valence-electron chi connectivity index (χ1n) is 6.54. The molecule has 0 atom stereocenters. The Bertz CT molecular complexity index is 427. The van der Waals surface area contributed by atoms with Crippen LogP contribution in [-0.4, -0.2) is 23.7 Å². The number of ether oxygens (including phenoxy) is 1. The van der Waals surface area contributed by atoms with E-state index in [1.54, 1.807) is 0 Å². The molecule has 0 aliphatic carbocycles. The van der Waals surface area contributed by atoms with E-state index >= 15 is 0 Å². The Balaban J connectivity index is 1.95. The van der Waals surface area contributed by atoms with Gasteiger partial charge >= 0.3 is 5.97 Å². The zero-order valence-electron chi connectivity index (χ0n) is 10.8. The summed E-state index contributed by atoms with van der Waals surface area (Å²) >= 11 is 0. The molecule has 98 valence electrons. The van der Waals surface area contributed by atoms with E-state index < -0.39 is 0 Å². The first-order valence-corrected chi connectivity index (χ1v) is 6.54. The number of carbonyl (C=O) groups is 1. The molecule has 0 radical (unpaired) electrons. The smallest absolute Gasteiger partial charge is 0.325 e. The lowest BCUT2D eigenvalue weighted by atomic mass is 10.1. The SMILES string of the molecule is CCOC(=O)Cn1ccc(C=C2CCCCN2)c1. The predicted molar refractivity (Wildman–Crippen MR) is 70.9 cm³/mol. The molecular formula is C14H20N2O2. The van der Waals surface area contributed by atoms with Gasteiger partial charge in [0.2, 0.25) is 0 Å². The minimum Gasteiger partial charge on any atom is -0.465 e. The van der Waals surface area contributed by atoms with Crippen LogP contribution in [0.15, 0.2) is 24.2 Å². The average molecular weight is 248 g/mol. The fourth-order valence-electron chi connectivity index (χ4n) is 2.10. The number of aromatic nitrogens is 1. The maximum absolute atomic E-state index is 11.3. The molecule has 0 bridgehead atoms. The highest BCUT2D eigenvalue weighted by Crippen LogP contribution is 2.14. The quantitative estimate of drug-likeness (QED) is 0.830. The summed E-state index contributed by atoms with van der Waals surface area (Å²) in [5.41, 5.74) is 2.42. The molecule has 1 aromatic heterocycles. The third-order valence-corrected chi connectivity index (χ3v) is 2.96. The number of nitrogens with one attached hydrogen (secondary N) is 1. The fraction of sp³-hybridized carbons (Fsp3) is 0.500. The van der Waals surface area contributed by atoms with E-state index in [1.807, 2.05) is 30.0 Å². The van der Waals surface area contributed by atoms with Crippen LogP contribution >= 0.6 is 0 Å². The molecule has 0 unspecified atom stereocenters. The largest absolute Gasteiger partial charge is 0.465 e. The second-order valence-electron chi connectivity index (χ2n) is 4.48. The first-order chi connectivity index (χ1) is 8.78. The normalized spacial score (nSPS) is 17.5. The number of nitrogens with zero attached hydrogens (tertiary/aromatic N) is 1. The maximum atomic E-state index is 11.3. The fourth-order valence-corrected chi connectivity index (χ4v) is 2.10. The van der Waals surface area contributed by atoms with Crippen molar-refractivity contribution in [3.8, 4) is 0 Å². The van der Waals surface area contributed by atoms with Crippen molar-refractivity contribution >= 4 is 12.0 Å². The van der Waals surface area contributed by atoms with E-state index in [0.717, 1.165) is 18.5 Å². The monoisotopic (exact) mass is 248 g/mol. The van der Waals surface area contributed by atoms with Crippen LogP contribution in [0, 0.1) is 0 Å². The molecule has 1 aliphatic rings. The molecule has 4 heteroatoms. The van der Waals surface area contributed by atoms with Gasteiger partial charge in [-0.1, -0.05) is 0 Å². The van der Waals surface area contributed by atoms with Crippen LogP contribution in [-0.2, 0) is 16.1 Å². The number of piperidine rings is 1. The molecule has 0 spiro atoms. The molecule has 4 nitrogen and oxygen atoms in total. The Morgan fingerprint density at radius 1 is 1.56 bits per heavy atom. The van der Waals surface area contributed by atoms with E-state index in [4.69, 9.17) is 4.74 Å². The maximum Gasteiger partial charge on any atom is 0.325 e. The molecule has 1 N–H and O–H groups in total. The molecule has 0 saturated carbocycles. The minimum atomic E-state index is -0.192. The average Bonchev–Trinajstić information content (AvgIpc) is 2.78. The highest BCUT2D eigenvalue weighted by atomic mass is 16.5. The van der Waals surface area contributed by atoms with Crippen molar-refractivity contribution in [1.82, 2.24) is 9.88 Å². The van der Waals surface area contributed by atoms with Crippen molar-refractivity contribution < 1.29 is 9.53 Å². The van der Waals surface area contributed by atoms with Crippen LogP contribution < -0.4 is 5.32 Å². The topological polar surface area (TPSA) is 43.3 Å². The minimum absolute atomic E-state index is 0.192. The van der Waals surface area contributed by atoms with Gasteiger partial charge in [0.1, 0.15) is 6.54 Å². The summed E-state index contributed by atoms with van der Waals surface area (Å²) in [7, 11) is 0. The Labute approximate surface area is 108 Å². The zero-order chi connectivity index (χ0) is 12.8. The van der Waals surface area contributed by atoms with Crippen molar-refractivity contribution in [1.29, 1.82) is 0 Å². The lowest BCUT2D eigenvalue weighted by Crippen LogP contribution is -2.19. The number of allylic oxidation sites excluding steroid dienone is 1. The number of rotatable bonds is 4. The van der Waals surface area contributed by atoms with Crippen molar-refractivity contribution in [3.63, 3.8) is 0 Å². The van der Waals surface area contributed by atoms with Crippen LogP contribution in [0.4, 0.5) is 0 Å². The van der Waals surface area contributed by atoms with Gasteiger partial charge in [0.25, 0.3) is 0 Å². The molecule has 2 heterocycles. The third-order valence-electron chi connectivity index (χ3n) is 2.96. The Morgan fingerprint density at radius 3 is 3.17 bits per heavy atom. The van der Waals surface area contributed by atoms with Gasteiger partial charge in [-0.25, -0.2) is 0 Å². The summed E-state index contributed by atoms with van der Waals surface area (Å²) in [5, 5.41) is 3.40. The molecule has 18 heavy (non-hydrogen) atoms. The van der Waals surface area contributed by atoms with Gasteiger partial charge < -0.3 is 14.6 Å². The number of hydrogen-bond donors (Lipinski definition) is 1. The van der Waals surface area contributed by atoms with Crippen LogP contribution in [0.25, 0.3) is 6.08 Å². The molecule has 0 aromatic carbocycles. The van der Waals surface area contributed by atoms with Crippen LogP contribution in [0.2, 0.25) is 0 Å². The van der Waals surface area contributed by atoms with E-state index in [1.165, 1.54) is 18.5 Å². The number of hydrogen-bond acceptors (Lipinski definition) is 3. The van der Waals surface area contributed by atoms with Crippen LogP contribution in [0.1, 0.15) is 31.7 Å². The van der Waals surface area contributed by atoms with Crippen LogP contribution in [0.3, 0.4) is 0 Å². The van der Waals surface area contributed by atoms with E-state index in [-0.39, 0.29) is 12.5 Å². The standard InChI is InChI=1S/C14H20N2O2/c1-2-18-14(17)11-16-8-6-12(10-16)9-13-5-3-4-7-15-13/h6,8-10,15H,2-5,7,11H2,1H3. The Hall–Kier alpha value is -1.71. The number of carbonyl (C=O) groups excluding carboxylic acids is 1. The molecule has 1 fully saturated rings. The highest BCUT2D eigenvalue weighted by molar-refractivity contribution is 5.69. The van der Waals surface area contributed by atoms with Gasteiger partial charge in [-0.3, -0.25) is 4.79 Å². The summed E-state index contributed by atoms with van der Waals surface area (Å²) < 4.78 is 6.77. The Kier molecular flexibility index (Phi) is 4.45. The molecule has 1 saturated heterocycles. The van der Waals surface area contributed by atoms with Gasteiger partial charge in [0.05, 0.1) is 6.61 Å². The summed E-state index contributed by atoms with van der Waals surface area (Å²) in [4.78, 5) is 11.3. The van der Waals surface area contributed by atoms with Gasteiger partial charge in [0.15, 0.2) is 0 Å². The van der Waals surface area contributed by atoms with Crippen molar-refractivity contribution in [2.45, 2.75) is 32.7 Å². The third kappa shape index (κ3) is 3.65. The van der Waals surface area contributed by atoms with Crippen molar-refractivity contribution in [2.24, 2.45) is 0 Å².